The van der Waals surface area contributed by atoms with Crippen LogP contribution in [0.3, 0.4) is 0 Å². The van der Waals surface area contributed by atoms with Gasteiger partial charge in [0.15, 0.2) is 0 Å². The van der Waals surface area contributed by atoms with Crippen LogP contribution >= 0.6 is 11.8 Å². The largest absolute Gasteiger partial charge is 0.481 e. The first-order valence-electron chi connectivity index (χ1n) is 7.23. The van der Waals surface area contributed by atoms with Gasteiger partial charge in [-0.1, -0.05) is 30.8 Å². The van der Waals surface area contributed by atoms with Gasteiger partial charge in [0.05, 0.1) is 19.1 Å². The first kappa shape index (κ1) is 17.1. The summed E-state index contributed by atoms with van der Waals surface area (Å²) in [5.41, 5.74) is 2.44. The van der Waals surface area contributed by atoms with E-state index >= 15 is 0 Å². The van der Waals surface area contributed by atoms with E-state index in [2.05, 4.69) is 4.74 Å². The van der Waals surface area contributed by atoms with Gasteiger partial charge >= 0.3 is 11.9 Å². The summed E-state index contributed by atoms with van der Waals surface area (Å²) in [5, 5.41) is 8.88. The highest BCUT2D eigenvalue weighted by atomic mass is 32.2. The number of hydrogen-bond acceptors (Lipinski definition) is 4. The minimum atomic E-state index is -0.828. The van der Waals surface area contributed by atoms with Gasteiger partial charge in [0.1, 0.15) is 0 Å². The molecule has 0 unspecified atom stereocenters. The number of aryl methyl sites for hydroxylation is 1. The van der Waals surface area contributed by atoms with Gasteiger partial charge in [0.25, 0.3) is 0 Å². The monoisotopic (exact) mass is 330 g/mol. The van der Waals surface area contributed by atoms with Crippen LogP contribution in [0.15, 0.2) is 52.3 Å². The molecule has 0 fully saturated rings. The molecule has 0 amide bonds. The first-order valence-corrected chi connectivity index (χ1v) is 8.05. The smallest absolute Gasteiger partial charge is 0.337 e. The molecule has 2 rings (SSSR count). The molecule has 0 heterocycles. The van der Waals surface area contributed by atoms with Crippen molar-refractivity contribution in [3.05, 3.63) is 59.2 Å². The number of carboxylic acids is 1. The van der Waals surface area contributed by atoms with Crippen molar-refractivity contribution in [2.45, 2.75) is 29.6 Å². The molecule has 120 valence electrons. The number of hydrogen-bond donors (Lipinski definition) is 1. The third-order valence-electron chi connectivity index (χ3n) is 3.36. The van der Waals surface area contributed by atoms with Gasteiger partial charge in [0, 0.05) is 9.79 Å². The van der Waals surface area contributed by atoms with Crippen molar-refractivity contribution in [3.8, 4) is 0 Å². The average Bonchev–Trinajstić information content (AvgIpc) is 2.55. The van der Waals surface area contributed by atoms with Crippen LogP contribution in [0, 0.1) is 0 Å². The fraction of sp³-hybridized carbons (Fsp3) is 0.222. The molecule has 0 atom stereocenters. The molecular formula is C18H18O4S. The van der Waals surface area contributed by atoms with E-state index in [4.69, 9.17) is 5.11 Å². The van der Waals surface area contributed by atoms with E-state index in [1.54, 1.807) is 23.9 Å². The van der Waals surface area contributed by atoms with Crippen LogP contribution in [0.2, 0.25) is 0 Å². The van der Waals surface area contributed by atoms with Crippen LogP contribution in [-0.2, 0) is 22.4 Å². The maximum Gasteiger partial charge on any atom is 0.337 e. The van der Waals surface area contributed by atoms with E-state index in [-0.39, 0.29) is 12.4 Å². The molecule has 2 aromatic carbocycles. The highest BCUT2D eigenvalue weighted by Crippen LogP contribution is 2.31. The van der Waals surface area contributed by atoms with Crippen molar-refractivity contribution >= 4 is 23.7 Å². The molecule has 23 heavy (non-hydrogen) atoms. The van der Waals surface area contributed by atoms with Crippen LogP contribution < -0.4 is 0 Å². The van der Waals surface area contributed by atoms with E-state index in [1.165, 1.54) is 7.11 Å². The number of carbonyl (C=O) groups excluding carboxylic acids is 1. The maximum atomic E-state index is 11.4. The normalized spacial score (nSPS) is 10.3. The molecule has 4 nitrogen and oxygen atoms in total. The van der Waals surface area contributed by atoms with Crippen LogP contribution in [0.25, 0.3) is 0 Å². The average molecular weight is 330 g/mol. The zero-order chi connectivity index (χ0) is 16.8. The Bertz CT molecular complexity index is 707. The highest BCUT2D eigenvalue weighted by molar-refractivity contribution is 7.99. The Morgan fingerprint density at radius 3 is 2.39 bits per heavy atom. The van der Waals surface area contributed by atoms with Crippen molar-refractivity contribution < 1.29 is 19.4 Å². The van der Waals surface area contributed by atoms with Crippen molar-refractivity contribution in [1.82, 2.24) is 0 Å². The molecule has 0 aliphatic heterocycles. The summed E-state index contributed by atoms with van der Waals surface area (Å²) in [4.78, 5) is 24.3. The predicted molar refractivity (Wildman–Crippen MR) is 89.1 cm³/mol. The Labute approximate surface area is 139 Å². The van der Waals surface area contributed by atoms with Crippen molar-refractivity contribution in [2.75, 3.05) is 7.11 Å². The van der Waals surface area contributed by atoms with Crippen molar-refractivity contribution in [3.63, 3.8) is 0 Å². The Hall–Kier alpha value is -2.27. The highest BCUT2D eigenvalue weighted by Gasteiger charge is 2.09. The zero-order valence-corrected chi connectivity index (χ0v) is 13.9. The summed E-state index contributed by atoms with van der Waals surface area (Å²) in [6.07, 6.45) is 0.863. The van der Waals surface area contributed by atoms with Gasteiger partial charge in [-0.05, 0) is 47.9 Å². The quantitative estimate of drug-likeness (QED) is 0.816. The third-order valence-corrected chi connectivity index (χ3v) is 4.49. The molecule has 0 bridgehead atoms. The van der Waals surface area contributed by atoms with Gasteiger partial charge in [-0.3, -0.25) is 4.79 Å². The van der Waals surface area contributed by atoms with Crippen LogP contribution in [-0.4, -0.2) is 24.2 Å². The Morgan fingerprint density at radius 2 is 1.83 bits per heavy atom. The number of methoxy groups -OCH3 is 1. The fourth-order valence-corrected chi connectivity index (χ4v) is 3.19. The van der Waals surface area contributed by atoms with Gasteiger partial charge in [-0.15, -0.1) is 0 Å². The number of benzene rings is 2. The second kappa shape index (κ2) is 7.83. The van der Waals surface area contributed by atoms with E-state index in [0.29, 0.717) is 5.56 Å². The lowest BCUT2D eigenvalue weighted by Gasteiger charge is -2.10. The van der Waals surface area contributed by atoms with Gasteiger partial charge in [-0.2, -0.15) is 0 Å². The lowest BCUT2D eigenvalue weighted by molar-refractivity contribution is -0.136. The molecule has 0 saturated carbocycles. The lowest BCUT2D eigenvalue weighted by atomic mass is 10.1. The van der Waals surface area contributed by atoms with Gasteiger partial charge < -0.3 is 9.84 Å². The number of esters is 1. The van der Waals surface area contributed by atoms with Gasteiger partial charge in [0.2, 0.25) is 0 Å². The fourth-order valence-electron chi connectivity index (χ4n) is 2.20. The second-order valence-electron chi connectivity index (χ2n) is 4.98. The molecular weight excluding hydrogens is 312 g/mol. The van der Waals surface area contributed by atoms with E-state index in [1.807, 2.05) is 37.3 Å². The van der Waals surface area contributed by atoms with Crippen LogP contribution in [0.1, 0.15) is 28.4 Å². The second-order valence-corrected chi connectivity index (χ2v) is 6.10. The molecule has 5 heteroatoms. The molecule has 0 saturated heterocycles. The standard InChI is InChI=1S/C18H18O4S/c1-3-13-10-12(11-17(19)20)4-9-16(13)23-15-7-5-14(6-8-15)18(21)22-2/h4-10H,3,11H2,1-2H3,(H,19,20). The summed E-state index contributed by atoms with van der Waals surface area (Å²) < 4.78 is 4.68. The minimum absolute atomic E-state index is 0.0335. The molecule has 2 aromatic rings. The molecule has 0 aliphatic rings. The summed E-state index contributed by atoms with van der Waals surface area (Å²) in [5.74, 6) is -1.18. The van der Waals surface area contributed by atoms with Gasteiger partial charge in [-0.25, -0.2) is 4.79 Å². The number of rotatable bonds is 6. The molecule has 1 N–H and O–H groups in total. The van der Waals surface area contributed by atoms with Crippen LogP contribution in [0.4, 0.5) is 0 Å². The summed E-state index contributed by atoms with van der Waals surface area (Å²) in [6.45, 7) is 2.05. The molecule has 0 aliphatic carbocycles. The Balaban J connectivity index is 2.19. The Morgan fingerprint density at radius 1 is 1.13 bits per heavy atom. The minimum Gasteiger partial charge on any atom is -0.481 e. The first-order chi connectivity index (χ1) is 11.0. The zero-order valence-electron chi connectivity index (χ0n) is 13.0. The molecule has 0 spiro atoms. The molecule has 0 aromatic heterocycles. The maximum absolute atomic E-state index is 11.4. The predicted octanol–water partition coefficient (Wildman–Crippen LogP) is 3.81. The Kier molecular flexibility index (Phi) is 5.82. The van der Waals surface area contributed by atoms with E-state index in [9.17, 15) is 9.59 Å². The number of carbonyl (C=O) groups is 2. The SMILES string of the molecule is CCc1cc(CC(=O)O)ccc1Sc1ccc(C(=O)OC)cc1. The summed E-state index contributed by atoms with van der Waals surface area (Å²) in [6, 6.07) is 13.0. The van der Waals surface area contributed by atoms with Crippen LogP contribution in [0.5, 0.6) is 0 Å². The number of ether oxygens (including phenoxy) is 1. The number of carboxylic acid groups (broad SMARTS) is 1. The molecule has 0 radical (unpaired) electrons. The third kappa shape index (κ3) is 4.60. The number of aliphatic carboxylic acids is 1. The van der Waals surface area contributed by atoms with E-state index < -0.39 is 5.97 Å². The van der Waals surface area contributed by atoms with Crippen molar-refractivity contribution in [2.24, 2.45) is 0 Å². The lowest BCUT2D eigenvalue weighted by Crippen LogP contribution is -2.01. The van der Waals surface area contributed by atoms with Crippen molar-refractivity contribution in [1.29, 1.82) is 0 Å². The summed E-state index contributed by atoms with van der Waals surface area (Å²) >= 11 is 1.59. The summed E-state index contributed by atoms with van der Waals surface area (Å²) in [7, 11) is 1.36. The topological polar surface area (TPSA) is 63.6 Å². The van der Waals surface area contributed by atoms with E-state index in [0.717, 1.165) is 27.3 Å².